The highest BCUT2D eigenvalue weighted by Crippen LogP contribution is 2.23. The Kier molecular flexibility index (Phi) is 6.78. The second-order valence-corrected chi connectivity index (χ2v) is 8.65. The lowest BCUT2D eigenvalue weighted by molar-refractivity contribution is -0.119. The summed E-state index contributed by atoms with van der Waals surface area (Å²) >= 11 is 0. The molecule has 1 amide bonds. The molecule has 0 atom stereocenters. The molecule has 0 radical (unpaired) electrons. The Labute approximate surface area is 149 Å². The zero-order valence-corrected chi connectivity index (χ0v) is 15.6. The summed E-state index contributed by atoms with van der Waals surface area (Å²) in [6.07, 6.45) is 5.79. The molecule has 1 aromatic rings. The molecule has 0 saturated heterocycles. The minimum absolute atomic E-state index is 0.253. The Morgan fingerprint density at radius 2 is 1.76 bits per heavy atom. The van der Waals surface area contributed by atoms with Crippen LogP contribution < -0.4 is 9.62 Å². The Morgan fingerprint density at radius 1 is 1.16 bits per heavy atom. The smallest absolute Gasteiger partial charge is 0.304 e. The zero-order chi connectivity index (χ0) is 18.4. The Bertz CT molecular complexity index is 671. The van der Waals surface area contributed by atoms with Crippen molar-refractivity contribution in [1.82, 2.24) is 9.62 Å². The van der Waals surface area contributed by atoms with Gasteiger partial charge in [-0.05, 0) is 43.0 Å². The van der Waals surface area contributed by atoms with Crippen molar-refractivity contribution >= 4 is 21.8 Å². The summed E-state index contributed by atoms with van der Waals surface area (Å²) < 4.78 is 40.2. The Morgan fingerprint density at radius 3 is 2.32 bits per heavy atom. The fourth-order valence-electron chi connectivity index (χ4n) is 2.95. The number of rotatable bonds is 7. The van der Waals surface area contributed by atoms with Crippen LogP contribution in [0.15, 0.2) is 24.3 Å². The molecular weight excluding hydrogens is 345 g/mol. The van der Waals surface area contributed by atoms with E-state index in [0.29, 0.717) is 12.5 Å². The van der Waals surface area contributed by atoms with Crippen molar-refractivity contribution < 1.29 is 17.6 Å². The number of halogens is 1. The Hall–Kier alpha value is -1.67. The summed E-state index contributed by atoms with van der Waals surface area (Å²) in [6, 6.07) is 5.05. The van der Waals surface area contributed by atoms with E-state index in [1.54, 1.807) is 0 Å². The molecule has 0 unspecified atom stereocenters. The molecular formula is C17H26FN3O3S. The van der Waals surface area contributed by atoms with Crippen molar-refractivity contribution in [3.8, 4) is 0 Å². The number of carbonyl (C=O) groups is 1. The number of anilines is 1. The molecule has 1 aromatic carbocycles. The lowest BCUT2D eigenvalue weighted by Crippen LogP contribution is -2.46. The number of hydrogen-bond acceptors (Lipinski definition) is 3. The minimum atomic E-state index is -3.86. The van der Waals surface area contributed by atoms with Gasteiger partial charge in [0, 0.05) is 20.6 Å². The van der Waals surface area contributed by atoms with Crippen molar-refractivity contribution in [1.29, 1.82) is 0 Å². The molecule has 2 rings (SSSR count). The van der Waals surface area contributed by atoms with Crippen molar-refractivity contribution in [3.63, 3.8) is 0 Å². The van der Waals surface area contributed by atoms with E-state index >= 15 is 0 Å². The lowest BCUT2D eigenvalue weighted by Gasteiger charge is -2.27. The molecule has 1 saturated carbocycles. The summed E-state index contributed by atoms with van der Waals surface area (Å²) in [5.74, 6) is -0.365. The molecule has 8 heteroatoms. The molecule has 0 bridgehead atoms. The van der Waals surface area contributed by atoms with Crippen LogP contribution in [0.25, 0.3) is 0 Å². The van der Waals surface area contributed by atoms with Crippen molar-refractivity contribution in [2.24, 2.45) is 5.92 Å². The van der Waals surface area contributed by atoms with Gasteiger partial charge >= 0.3 is 10.2 Å². The van der Waals surface area contributed by atoms with Crippen LogP contribution in [-0.2, 0) is 15.0 Å². The maximum atomic E-state index is 13.1. The fourth-order valence-corrected chi connectivity index (χ4v) is 4.01. The summed E-state index contributed by atoms with van der Waals surface area (Å²) in [6.45, 7) is 0.233. The van der Waals surface area contributed by atoms with E-state index < -0.39 is 16.0 Å². The second kappa shape index (κ2) is 8.62. The summed E-state index contributed by atoms with van der Waals surface area (Å²) in [4.78, 5) is 12.3. The molecule has 140 valence electrons. The van der Waals surface area contributed by atoms with Gasteiger partial charge in [-0.2, -0.15) is 12.7 Å². The van der Waals surface area contributed by atoms with Crippen LogP contribution in [0.3, 0.4) is 0 Å². The molecule has 1 aliphatic carbocycles. The van der Waals surface area contributed by atoms with E-state index in [9.17, 15) is 17.6 Å². The van der Waals surface area contributed by atoms with Crippen LogP contribution in [0.5, 0.6) is 0 Å². The van der Waals surface area contributed by atoms with Gasteiger partial charge in [-0.25, -0.2) is 8.70 Å². The topological polar surface area (TPSA) is 69.7 Å². The summed E-state index contributed by atoms with van der Waals surface area (Å²) in [5, 5.41) is 2.84. The molecule has 1 N–H and O–H groups in total. The van der Waals surface area contributed by atoms with Crippen LogP contribution >= 0.6 is 0 Å². The Balaban J connectivity index is 2.07. The van der Waals surface area contributed by atoms with Crippen LogP contribution in [0.2, 0.25) is 0 Å². The largest absolute Gasteiger partial charge is 0.354 e. The number of amides is 1. The minimum Gasteiger partial charge on any atom is -0.354 e. The van der Waals surface area contributed by atoms with Crippen molar-refractivity contribution in [2.75, 3.05) is 31.5 Å². The SMILES string of the molecule is CN(C)S(=O)(=O)N(CC(=O)NCC1CCCCC1)c1ccc(F)cc1. The third-order valence-corrected chi connectivity index (χ3v) is 6.27. The van der Waals surface area contributed by atoms with Gasteiger partial charge in [-0.3, -0.25) is 4.79 Å². The molecule has 0 aromatic heterocycles. The van der Waals surface area contributed by atoms with Crippen molar-refractivity contribution in [3.05, 3.63) is 30.1 Å². The predicted molar refractivity (Wildman–Crippen MR) is 95.9 cm³/mol. The second-order valence-electron chi connectivity index (χ2n) is 6.58. The van der Waals surface area contributed by atoms with Gasteiger partial charge < -0.3 is 5.32 Å². The average Bonchev–Trinajstić information content (AvgIpc) is 2.59. The highest BCUT2D eigenvalue weighted by Gasteiger charge is 2.27. The highest BCUT2D eigenvalue weighted by molar-refractivity contribution is 7.90. The highest BCUT2D eigenvalue weighted by atomic mass is 32.2. The van der Waals surface area contributed by atoms with E-state index in [0.717, 1.165) is 21.5 Å². The first-order chi connectivity index (χ1) is 11.8. The van der Waals surface area contributed by atoms with Gasteiger partial charge in [0.2, 0.25) is 5.91 Å². The van der Waals surface area contributed by atoms with E-state index in [4.69, 9.17) is 0 Å². The zero-order valence-electron chi connectivity index (χ0n) is 14.7. The van der Waals surface area contributed by atoms with E-state index in [1.165, 1.54) is 57.6 Å². The molecule has 25 heavy (non-hydrogen) atoms. The molecule has 6 nitrogen and oxygen atoms in total. The first kappa shape index (κ1) is 19.7. The number of benzene rings is 1. The number of carbonyl (C=O) groups excluding carboxylic acids is 1. The van der Waals surface area contributed by atoms with Gasteiger partial charge in [0.25, 0.3) is 0 Å². The fraction of sp³-hybridized carbons (Fsp3) is 0.588. The quantitative estimate of drug-likeness (QED) is 0.798. The molecule has 0 heterocycles. The van der Waals surface area contributed by atoms with Crippen molar-refractivity contribution in [2.45, 2.75) is 32.1 Å². The standard InChI is InChI=1S/C17H26FN3O3S/c1-20(2)25(23,24)21(16-10-8-15(18)9-11-16)13-17(22)19-12-14-6-4-3-5-7-14/h8-11,14H,3-7,12-13H2,1-2H3,(H,19,22). The van der Waals surface area contributed by atoms with E-state index in [2.05, 4.69) is 5.32 Å². The normalized spacial score (nSPS) is 16.0. The van der Waals surface area contributed by atoms with E-state index in [1.807, 2.05) is 0 Å². The summed E-state index contributed by atoms with van der Waals surface area (Å²) in [7, 11) is -1.07. The first-order valence-corrected chi connectivity index (χ1v) is 9.93. The molecule has 0 spiro atoms. The van der Waals surface area contributed by atoms with Crippen LogP contribution in [0.4, 0.5) is 10.1 Å². The third-order valence-electron chi connectivity index (χ3n) is 4.45. The van der Waals surface area contributed by atoms with Gasteiger partial charge in [-0.1, -0.05) is 19.3 Å². The van der Waals surface area contributed by atoms with Gasteiger partial charge in [-0.15, -0.1) is 0 Å². The molecule has 1 aliphatic rings. The van der Waals surface area contributed by atoms with Gasteiger partial charge in [0.05, 0.1) is 5.69 Å². The number of hydrogen-bond donors (Lipinski definition) is 1. The van der Waals surface area contributed by atoms with Gasteiger partial charge in [0.15, 0.2) is 0 Å². The van der Waals surface area contributed by atoms with E-state index in [-0.39, 0.29) is 18.1 Å². The maximum absolute atomic E-state index is 13.1. The molecule has 1 fully saturated rings. The molecule has 0 aliphatic heterocycles. The number of nitrogens with zero attached hydrogens (tertiary/aromatic N) is 2. The predicted octanol–water partition coefficient (Wildman–Crippen LogP) is 2.13. The third kappa shape index (κ3) is 5.40. The number of nitrogens with one attached hydrogen (secondary N) is 1. The van der Waals surface area contributed by atoms with Gasteiger partial charge in [0.1, 0.15) is 12.4 Å². The monoisotopic (exact) mass is 371 g/mol. The first-order valence-electron chi connectivity index (χ1n) is 8.53. The van der Waals surface area contributed by atoms with Crippen LogP contribution in [0, 0.1) is 11.7 Å². The summed E-state index contributed by atoms with van der Waals surface area (Å²) in [5.41, 5.74) is 0.253. The van der Waals surface area contributed by atoms with Crippen LogP contribution in [-0.4, -0.2) is 45.8 Å². The van der Waals surface area contributed by atoms with Crippen LogP contribution in [0.1, 0.15) is 32.1 Å². The lowest BCUT2D eigenvalue weighted by atomic mass is 9.89. The average molecular weight is 371 g/mol. The maximum Gasteiger partial charge on any atom is 0.304 e.